The Bertz CT molecular complexity index is 434. The number of hydrogen-bond acceptors (Lipinski definition) is 6. The highest BCUT2D eigenvalue weighted by molar-refractivity contribution is 5.92. The Morgan fingerprint density at radius 2 is 2.37 bits per heavy atom. The van der Waals surface area contributed by atoms with Crippen LogP contribution in [0.5, 0.6) is 0 Å². The fourth-order valence-corrected chi connectivity index (χ4v) is 2.29. The van der Waals surface area contributed by atoms with Crippen LogP contribution in [0.4, 0.5) is 4.39 Å². The molecule has 0 saturated carbocycles. The molecule has 106 valence electrons. The van der Waals surface area contributed by atoms with Crippen LogP contribution in [0, 0.1) is 0 Å². The monoisotopic (exact) mass is 271 g/mol. The fourth-order valence-electron chi connectivity index (χ4n) is 2.29. The van der Waals surface area contributed by atoms with Crippen LogP contribution >= 0.6 is 0 Å². The second-order valence-corrected chi connectivity index (χ2v) is 4.65. The smallest absolute Gasteiger partial charge is 0.174 e. The predicted molar refractivity (Wildman–Crippen MR) is 67.6 cm³/mol. The molecule has 19 heavy (non-hydrogen) atoms. The average Bonchev–Trinajstić information content (AvgIpc) is 2.64. The van der Waals surface area contributed by atoms with Crippen molar-refractivity contribution in [1.82, 2.24) is 4.90 Å². The highest BCUT2D eigenvalue weighted by Crippen LogP contribution is 2.38. The van der Waals surface area contributed by atoms with Gasteiger partial charge < -0.3 is 25.6 Å². The zero-order valence-corrected chi connectivity index (χ0v) is 10.7. The van der Waals surface area contributed by atoms with Crippen molar-refractivity contribution in [1.29, 1.82) is 0 Å². The number of alkyl halides is 1. The Morgan fingerprint density at radius 1 is 1.68 bits per heavy atom. The summed E-state index contributed by atoms with van der Waals surface area (Å²) in [6.07, 6.45) is -0.890. The van der Waals surface area contributed by atoms with Gasteiger partial charge in [0.2, 0.25) is 0 Å². The molecule has 0 radical (unpaired) electrons. The molecule has 0 bridgehead atoms. The maximum absolute atomic E-state index is 14.2. The highest BCUT2D eigenvalue weighted by Gasteiger charge is 2.55. The summed E-state index contributed by atoms with van der Waals surface area (Å²) in [7, 11) is 0. The number of nitrogens with two attached hydrogens (primary N) is 1. The van der Waals surface area contributed by atoms with Gasteiger partial charge in [0, 0.05) is 6.20 Å². The normalized spacial score (nSPS) is 38.7. The van der Waals surface area contributed by atoms with Gasteiger partial charge in [-0.1, -0.05) is 13.5 Å². The molecule has 0 aromatic rings. The molecule has 0 amide bonds. The van der Waals surface area contributed by atoms with Crippen LogP contribution < -0.4 is 5.73 Å². The van der Waals surface area contributed by atoms with Gasteiger partial charge in [-0.3, -0.25) is 0 Å². The molecule has 7 heteroatoms. The van der Waals surface area contributed by atoms with E-state index in [1.807, 2.05) is 0 Å². The van der Waals surface area contributed by atoms with E-state index in [1.165, 1.54) is 17.2 Å². The fraction of sp³-hybridized carbons (Fsp3) is 0.583. The molecule has 0 unspecified atom stereocenters. The van der Waals surface area contributed by atoms with Crippen molar-refractivity contribution >= 4 is 5.84 Å². The van der Waals surface area contributed by atoms with E-state index >= 15 is 0 Å². The van der Waals surface area contributed by atoms with Crippen LogP contribution in [0.2, 0.25) is 0 Å². The summed E-state index contributed by atoms with van der Waals surface area (Å²) in [4.78, 5) is 5.27. The van der Waals surface area contributed by atoms with Crippen LogP contribution in [0.25, 0.3) is 0 Å². The maximum atomic E-state index is 14.2. The number of aliphatic hydroxyl groups excluding tert-OH is 2. The lowest BCUT2D eigenvalue weighted by Crippen LogP contribution is -2.44. The lowest BCUT2D eigenvalue weighted by Gasteiger charge is -2.32. The molecule has 0 aliphatic carbocycles. The Hall–Kier alpha value is -1.44. The zero-order valence-electron chi connectivity index (χ0n) is 10.7. The first-order valence-corrected chi connectivity index (χ1v) is 6.05. The summed E-state index contributed by atoms with van der Waals surface area (Å²) >= 11 is 0. The first-order chi connectivity index (χ1) is 8.95. The second-order valence-electron chi connectivity index (χ2n) is 4.65. The Labute approximate surface area is 110 Å². The van der Waals surface area contributed by atoms with Crippen molar-refractivity contribution < 1.29 is 19.3 Å². The van der Waals surface area contributed by atoms with E-state index in [4.69, 9.17) is 10.5 Å². The van der Waals surface area contributed by atoms with Crippen molar-refractivity contribution in [3.05, 3.63) is 24.7 Å². The number of halogens is 1. The molecule has 0 aromatic heterocycles. The van der Waals surface area contributed by atoms with Gasteiger partial charge in [0.05, 0.1) is 6.61 Å². The van der Waals surface area contributed by atoms with Gasteiger partial charge in [-0.05, 0) is 12.5 Å². The number of ether oxygens (including phenoxy) is 1. The third-order valence-electron chi connectivity index (χ3n) is 3.57. The number of aliphatic hydroxyl groups is 2. The molecular formula is C12H18FN3O3. The third kappa shape index (κ3) is 2.13. The number of amidine groups is 1. The third-order valence-corrected chi connectivity index (χ3v) is 3.57. The minimum Gasteiger partial charge on any atom is -0.393 e. The van der Waals surface area contributed by atoms with Gasteiger partial charge in [0.25, 0.3) is 0 Å². The van der Waals surface area contributed by atoms with Crippen molar-refractivity contribution in [2.45, 2.75) is 37.4 Å². The van der Waals surface area contributed by atoms with Crippen molar-refractivity contribution in [2.24, 2.45) is 10.7 Å². The molecule has 2 rings (SSSR count). The Kier molecular flexibility index (Phi) is 3.62. The Morgan fingerprint density at radius 3 is 2.84 bits per heavy atom. The summed E-state index contributed by atoms with van der Waals surface area (Å²) in [5.41, 5.74) is 4.20. The molecule has 1 saturated heterocycles. The molecular weight excluding hydrogens is 253 g/mol. The summed E-state index contributed by atoms with van der Waals surface area (Å²) in [6.45, 7) is 4.92. The second kappa shape index (κ2) is 4.92. The molecule has 2 aliphatic rings. The van der Waals surface area contributed by atoms with E-state index in [0.29, 0.717) is 0 Å². The standard InChI is InChI=1S/C12H18FN3O3/c1-3-12(6-17)10(18)9(13)11(19-12)16-5-4-8(14)15-7(16)2/h4-5,9-11,17-18H,2-3,6H2,1H3,(H2,14,15)/t9-,10-,11+,12+/m0/s1. The number of rotatable bonds is 3. The summed E-state index contributed by atoms with van der Waals surface area (Å²) in [5, 5.41) is 19.3. The molecule has 4 N–H and O–H groups in total. The van der Waals surface area contributed by atoms with E-state index < -0.39 is 30.7 Å². The average molecular weight is 271 g/mol. The highest BCUT2D eigenvalue weighted by atomic mass is 19.1. The van der Waals surface area contributed by atoms with Crippen LogP contribution in [-0.4, -0.2) is 51.7 Å². The largest absolute Gasteiger partial charge is 0.393 e. The van der Waals surface area contributed by atoms with Crippen LogP contribution in [-0.2, 0) is 4.74 Å². The zero-order chi connectivity index (χ0) is 14.2. The number of aliphatic imine (C=N–C) groups is 1. The lowest BCUT2D eigenvalue weighted by atomic mass is 9.94. The quantitative estimate of drug-likeness (QED) is 0.663. The van der Waals surface area contributed by atoms with Crippen molar-refractivity contribution in [3.63, 3.8) is 0 Å². The van der Waals surface area contributed by atoms with Gasteiger partial charge in [-0.2, -0.15) is 0 Å². The van der Waals surface area contributed by atoms with Gasteiger partial charge in [-0.15, -0.1) is 0 Å². The van der Waals surface area contributed by atoms with Crippen LogP contribution in [0.3, 0.4) is 0 Å². The van der Waals surface area contributed by atoms with Crippen molar-refractivity contribution in [2.75, 3.05) is 6.61 Å². The van der Waals surface area contributed by atoms with Crippen LogP contribution in [0.15, 0.2) is 29.7 Å². The summed E-state index contributed by atoms with van der Waals surface area (Å²) < 4.78 is 19.8. The molecule has 2 aliphatic heterocycles. The van der Waals surface area contributed by atoms with E-state index in [1.54, 1.807) is 6.92 Å². The SMILES string of the molecule is C=C1N=C(N)C=CN1[C@@H]1O[C@](CC)(CO)[C@@H](O)[C@@H]1F. The predicted octanol–water partition coefficient (Wildman–Crippen LogP) is -0.160. The van der Waals surface area contributed by atoms with Gasteiger partial charge in [0.1, 0.15) is 23.4 Å². The number of hydrogen-bond donors (Lipinski definition) is 3. The Balaban J connectivity index is 2.24. The van der Waals surface area contributed by atoms with E-state index in [-0.39, 0.29) is 18.1 Å². The molecule has 0 aromatic carbocycles. The number of nitrogens with zero attached hydrogens (tertiary/aromatic N) is 2. The molecule has 4 atom stereocenters. The van der Waals surface area contributed by atoms with Gasteiger partial charge in [-0.25, -0.2) is 9.38 Å². The maximum Gasteiger partial charge on any atom is 0.174 e. The molecule has 6 nitrogen and oxygen atoms in total. The molecule has 1 fully saturated rings. The summed E-state index contributed by atoms with van der Waals surface area (Å²) in [6, 6.07) is 0. The minimum absolute atomic E-state index is 0.227. The first kappa shape index (κ1) is 14.0. The lowest BCUT2D eigenvalue weighted by molar-refractivity contribution is -0.135. The van der Waals surface area contributed by atoms with E-state index in [0.717, 1.165) is 0 Å². The topological polar surface area (TPSA) is 91.3 Å². The first-order valence-electron chi connectivity index (χ1n) is 6.05. The van der Waals surface area contributed by atoms with Crippen LogP contribution in [0.1, 0.15) is 13.3 Å². The minimum atomic E-state index is -1.68. The summed E-state index contributed by atoms with van der Waals surface area (Å²) in [5.74, 6) is 0.490. The van der Waals surface area contributed by atoms with E-state index in [9.17, 15) is 14.6 Å². The van der Waals surface area contributed by atoms with Gasteiger partial charge in [0.15, 0.2) is 12.4 Å². The van der Waals surface area contributed by atoms with E-state index in [2.05, 4.69) is 11.6 Å². The van der Waals surface area contributed by atoms with Crippen molar-refractivity contribution in [3.8, 4) is 0 Å². The van der Waals surface area contributed by atoms with Gasteiger partial charge >= 0.3 is 0 Å². The molecule has 2 heterocycles. The molecule has 0 spiro atoms.